The van der Waals surface area contributed by atoms with Crippen molar-refractivity contribution in [2.45, 2.75) is 127 Å². The standard InChI is InChI=1S/C60H72F4N10O10S2/c1-37-47(57(3,4)5)33-45(53(68-37)70-25-19-59(61,62)20-26-70)55(75)73(41-17-23-66-51(29-41)85(65,77)78)74(56(76)46-34-48(58(6,7)8)38(2)69-54(46)71-27-21-60(63,64)22-28-71)42-18-24-67-52(30-42)86(79,80)72(35-39-13-15-43(81-9)31-49(39)83-11)36-40-14-16-44(82-10)32-50(40)84-12/h13-18,23-24,29-34H,19-22,25-28,35-36H2,1-12H3,(H2,65,77,78). The number of nitrogens with two attached hydrogens (primary N) is 1. The van der Waals surface area contributed by atoms with Gasteiger partial charge in [0.25, 0.3) is 43.7 Å². The zero-order valence-corrected chi connectivity index (χ0v) is 51.8. The average Bonchev–Trinajstić information content (AvgIpc) is 0.902. The number of carbonyl (C=O) groups excluding carboxylic acids is 2. The van der Waals surface area contributed by atoms with Crippen molar-refractivity contribution in [2.75, 3.05) is 74.4 Å². The van der Waals surface area contributed by atoms with Crippen LogP contribution in [0.25, 0.3) is 0 Å². The van der Waals surface area contributed by atoms with Gasteiger partial charge in [0.1, 0.15) is 34.6 Å². The second-order valence-corrected chi connectivity index (χ2v) is 26.7. The second kappa shape index (κ2) is 24.6. The van der Waals surface area contributed by atoms with Crippen molar-refractivity contribution in [2.24, 2.45) is 5.14 Å². The fourth-order valence-corrected chi connectivity index (χ4v) is 12.4. The number of aryl methyl sites for hydroxylation is 2. The summed E-state index contributed by atoms with van der Waals surface area (Å²) in [5.41, 5.74) is 0.0857. The number of pyridine rings is 4. The van der Waals surface area contributed by atoms with Crippen molar-refractivity contribution < 1.29 is 62.9 Å². The van der Waals surface area contributed by atoms with Gasteiger partial charge in [0.2, 0.25) is 0 Å². The van der Waals surface area contributed by atoms with E-state index in [1.165, 1.54) is 56.4 Å². The topological polar surface area (TPSA) is 233 Å². The lowest BCUT2D eigenvalue weighted by molar-refractivity contribution is -0.0228. The highest BCUT2D eigenvalue weighted by Gasteiger charge is 2.42. The van der Waals surface area contributed by atoms with Gasteiger partial charge in [-0.25, -0.2) is 69.5 Å². The molecule has 462 valence electrons. The van der Waals surface area contributed by atoms with Crippen LogP contribution in [-0.4, -0.2) is 119 Å². The Morgan fingerprint density at radius 2 is 0.942 bits per heavy atom. The molecule has 26 heteroatoms. The van der Waals surface area contributed by atoms with Gasteiger partial charge in [0, 0.05) is 124 Å². The van der Waals surface area contributed by atoms with Crippen LogP contribution in [0.5, 0.6) is 23.0 Å². The van der Waals surface area contributed by atoms with Crippen molar-refractivity contribution in [1.82, 2.24) is 24.2 Å². The van der Waals surface area contributed by atoms with E-state index in [-0.39, 0.29) is 84.9 Å². The first kappa shape index (κ1) is 64.3. The van der Waals surface area contributed by atoms with Crippen LogP contribution in [0.1, 0.15) is 122 Å². The molecule has 0 atom stereocenters. The molecule has 0 bridgehead atoms. The SMILES string of the molecule is COc1ccc(CN(Cc2ccc(OC)cc2OC)S(=O)(=O)c2cc(N(C(=O)c3cc(C(C)(C)C)c(C)nc3N3CCC(F)(F)CC3)N(C(=O)c3cc(C(C)(C)C)c(C)nc3N3CCC(F)(F)CC3)c3ccnc(S(N)(=O)=O)c3)ccn2)c(OC)c1. The van der Waals surface area contributed by atoms with Gasteiger partial charge < -0.3 is 28.7 Å². The Morgan fingerprint density at radius 1 is 0.570 bits per heavy atom. The number of carbonyl (C=O) groups is 2. The van der Waals surface area contributed by atoms with E-state index in [4.69, 9.17) is 34.1 Å². The average molecular weight is 1230 g/mol. The number of sulfonamides is 2. The molecular weight excluding hydrogens is 1160 g/mol. The number of hydrazine groups is 1. The third-order valence-corrected chi connectivity index (χ3v) is 17.6. The predicted octanol–water partition coefficient (Wildman–Crippen LogP) is 9.93. The number of amides is 2. The zero-order valence-electron chi connectivity index (χ0n) is 50.2. The normalized spacial score (nSPS) is 15.5. The molecule has 6 aromatic rings. The number of methoxy groups -OCH3 is 4. The van der Waals surface area contributed by atoms with Gasteiger partial charge in [-0.1, -0.05) is 53.7 Å². The molecule has 2 aliphatic heterocycles. The van der Waals surface area contributed by atoms with Crippen LogP contribution < -0.4 is 43.9 Å². The Labute approximate surface area is 499 Å². The maximum Gasteiger partial charge on any atom is 0.281 e. The van der Waals surface area contributed by atoms with Gasteiger partial charge in [-0.15, -0.1) is 0 Å². The van der Waals surface area contributed by atoms with E-state index < -0.39 is 90.3 Å². The van der Waals surface area contributed by atoms with Crippen molar-refractivity contribution in [1.29, 1.82) is 0 Å². The van der Waals surface area contributed by atoms with Crippen LogP contribution in [0.2, 0.25) is 0 Å². The second-order valence-electron chi connectivity index (χ2n) is 23.3. The summed E-state index contributed by atoms with van der Waals surface area (Å²) in [4.78, 5) is 54.6. The Balaban J connectivity index is 1.45. The summed E-state index contributed by atoms with van der Waals surface area (Å²) >= 11 is 0. The molecule has 2 N–H and O–H groups in total. The molecule has 2 aromatic carbocycles. The van der Waals surface area contributed by atoms with E-state index >= 15 is 26.8 Å². The lowest BCUT2D eigenvalue weighted by Gasteiger charge is -2.39. The number of hydrogen-bond donors (Lipinski definition) is 1. The predicted molar refractivity (Wildman–Crippen MR) is 317 cm³/mol. The monoisotopic (exact) mass is 1230 g/mol. The Bertz CT molecular complexity index is 3710. The van der Waals surface area contributed by atoms with Crippen molar-refractivity contribution in [3.05, 3.63) is 130 Å². The lowest BCUT2D eigenvalue weighted by atomic mass is 9.85. The molecular formula is C60H72F4N10O10S2. The van der Waals surface area contributed by atoms with Crippen LogP contribution in [0, 0.1) is 13.8 Å². The van der Waals surface area contributed by atoms with E-state index in [1.807, 2.05) is 41.5 Å². The van der Waals surface area contributed by atoms with Crippen LogP contribution in [0.4, 0.5) is 40.6 Å². The van der Waals surface area contributed by atoms with Gasteiger partial charge in [0.15, 0.2) is 10.1 Å². The fraction of sp³-hybridized carbons (Fsp3) is 0.433. The minimum absolute atomic E-state index is 0.0485. The number of primary sulfonamides is 1. The molecule has 2 saturated heterocycles. The zero-order chi connectivity index (χ0) is 63.1. The molecule has 20 nitrogen and oxygen atoms in total. The van der Waals surface area contributed by atoms with Gasteiger partial charge in [0.05, 0.1) is 50.9 Å². The number of ether oxygens (including phenoxy) is 4. The first-order valence-electron chi connectivity index (χ1n) is 27.6. The summed E-state index contributed by atoms with van der Waals surface area (Å²) < 4.78 is 142. The number of hydrogen-bond acceptors (Lipinski definition) is 16. The third-order valence-electron chi connectivity index (χ3n) is 15.1. The Morgan fingerprint density at radius 3 is 1.29 bits per heavy atom. The minimum Gasteiger partial charge on any atom is -0.497 e. The molecule has 0 unspecified atom stereocenters. The highest BCUT2D eigenvalue weighted by molar-refractivity contribution is 7.89. The van der Waals surface area contributed by atoms with E-state index in [1.54, 1.807) is 56.3 Å². The van der Waals surface area contributed by atoms with Crippen LogP contribution in [0.15, 0.2) is 95.2 Å². The molecule has 0 saturated carbocycles. The maximum atomic E-state index is 16.7. The summed E-state index contributed by atoms with van der Waals surface area (Å²) in [6.45, 7) is 12.9. The smallest absolute Gasteiger partial charge is 0.281 e. The van der Waals surface area contributed by atoms with Crippen LogP contribution in [-0.2, 0) is 44.0 Å². The minimum atomic E-state index is -4.91. The Kier molecular flexibility index (Phi) is 18.4. The molecule has 86 heavy (non-hydrogen) atoms. The number of aromatic nitrogens is 4. The van der Waals surface area contributed by atoms with E-state index in [0.717, 1.165) is 38.8 Å². The van der Waals surface area contributed by atoms with E-state index in [0.29, 0.717) is 45.1 Å². The quantitative estimate of drug-likeness (QED) is 0.0661. The molecule has 2 amide bonds. The first-order chi connectivity index (χ1) is 40.2. The summed E-state index contributed by atoms with van der Waals surface area (Å²) in [7, 11) is -3.86. The number of rotatable bonds is 17. The van der Waals surface area contributed by atoms with Crippen molar-refractivity contribution in [3.8, 4) is 23.0 Å². The van der Waals surface area contributed by atoms with E-state index in [2.05, 4.69) is 9.97 Å². The highest BCUT2D eigenvalue weighted by atomic mass is 32.2. The number of anilines is 4. The molecule has 6 heterocycles. The molecule has 4 aromatic heterocycles. The summed E-state index contributed by atoms with van der Waals surface area (Å²) in [5.74, 6) is -7.00. The summed E-state index contributed by atoms with van der Waals surface area (Å²) in [6, 6.07) is 17.2. The number of benzene rings is 2. The van der Waals surface area contributed by atoms with Crippen molar-refractivity contribution >= 4 is 54.9 Å². The fourth-order valence-electron chi connectivity index (χ4n) is 10.5. The molecule has 0 spiro atoms. The Hall–Kier alpha value is -7.68. The highest BCUT2D eigenvalue weighted by Crippen LogP contribution is 2.41. The molecule has 8 rings (SSSR count). The summed E-state index contributed by atoms with van der Waals surface area (Å²) in [5, 5.41) is 5.92. The first-order valence-corrected chi connectivity index (χ1v) is 30.5. The number of halogens is 4. The summed E-state index contributed by atoms with van der Waals surface area (Å²) in [6.07, 6.45) is -0.257. The van der Waals surface area contributed by atoms with Crippen LogP contribution in [0.3, 0.4) is 0 Å². The van der Waals surface area contributed by atoms with E-state index in [9.17, 15) is 17.2 Å². The lowest BCUT2D eigenvalue weighted by Crippen LogP contribution is -2.52. The maximum absolute atomic E-state index is 16.7. The molecule has 2 fully saturated rings. The van der Waals surface area contributed by atoms with Gasteiger partial charge >= 0.3 is 0 Å². The van der Waals surface area contributed by atoms with Gasteiger partial charge in [-0.05, 0) is 72.2 Å². The number of alkyl halides is 4. The number of piperidine rings is 2. The largest absolute Gasteiger partial charge is 0.497 e. The molecule has 0 aliphatic carbocycles. The third kappa shape index (κ3) is 13.9. The van der Waals surface area contributed by atoms with Crippen molar-refractivity contribution in [3.63, 3.8) is 0 Å². The van der Waals surface area contributed by atoms with Crippen LogP contribution >= 0.6 is 0 Å². The molecule has 2 aliphatic rings. The number of nitrogens with zero attached hydrogens (tertiary/aromatic N) is 9. The molecule has 0 radical (unpaired) electrons. The van der Waals surface area contributed by atoms with Gasteiger partial charge in [-0.3, -0.25) is 9.59 Å². The van der Waals surface area contributed by atoms with Gasteiger partial charge in [-0.2, -0.15) is 4.31 Å².